The van der Waals surface area contributed by atoms with Crippen LogP contribution in [0.25, 0.3) is 0 Å². The fraction of sp³-hybridized carbons (Fsp3) is 0.125. The maximum atomic E-state index is 4.13. The number of fused-ring (bicyclic) bond motifs is 1. The van der Waals surface area contributed by atoms with Gasteiger partial charge in [-0.15, -0.1) is 0 Å². The van der Waals surface area contributed by atoms with Crippen molar-refractivity contribution in [1.82, 2.24) is 0 Å². The molecule has 44 valence electrons. The first-order valence-corrected chi connectivity index (χ1v) is 3.04. The summed E-state index contributed by atoms with van der Waals surface area (Å²) in [6.45, 7) is 0.871. The average molecular weight is 118 g/mol. The molecule has 0 atom stereocenters. The molecule has 0 radical (unpaired) electrons. The van der Waals surface area contributed by atoms with E-state index >= 15 is 0 Å². The van der Waals surface area contributed by atoms with Crippen molar-refractivity contribution in [3.05, 3.63) is 35.4 Å². The fourth-order valence-electron chi connectivity index (χ4n) is 1.05. The maximum Gasteiger partial charge on any atom is 1.00 e. The van der Waals surface area contributed by atoms with Gasteiger partial charge in [0.25, 0.3) is 0 Å². The molecule has 0 bridgehead atoms. The first-order chi connectivity index (χ1) is 4.47. The SMILES string of the molecule is C1=NCc2ccccc21.[H+]. The van der Waals surface area contributed by atoms with Crippen LogP contribution in [0.4, 0.5) is 0 Å². The van der Waals surface area contributed by atoms with Gasteiger partial charge in [0.2, 0.25) is 0 Å². The van der Waals surface area contributed by atoms with Gasteiger partial charge in [0, 0.05) is 6.21 Å². The monoisotopic (exact) mass is 118 g/mol. The maximum absolute atomic E-state index is 4.13. The molecule has 1 aliphatic rings. The summed E-state index contributed by atoms with van der Waals surface area (Å²) in [5.41, 5.74) is 2.62. The standard InChI is InChI=1S/C8H7N/c1-2-4-8-6-9-5-7(8)3-1/h1-5H,6H2/p+1. The second-order valence-electron chi connectivity index (χ2n) is 2.17. The number of hydrogen-bond acceptors (Lipinski definition) is 1. The van der Waals surface area contributed by atoms with Crippen LogP contribution in [0.5, 0.6) is 0 Å². The average Bonchev–Trinajstić information content (AvgIpc) is 2.33. The van der Waals surface area contributed by atoms with E-state index in [0.29, 0.717) is 0 Å². The molecule has 0 saturated carbocycles. The van der Waals surface area contributed by atoms with E-state index in [4.69, 9.17) is 0 Å². The molecular weight excluding hydrogens is 110 g/mol. The van der Waals surface area contributed by atoms with E-state index in [1.807, 2.05) is 18.3 Å². The lowest BCUT2D eigenvalue weighted by Gasteiger charge is -1.91. The normalized spacial score (nSPS) is 13.8. The molecule has 0 N–H and O–H groups in total. The van der Waals surface area contributed by atoms with Crippen molar-refractivity contribution < 1.29 is 1.43 Å². The molecule has 0 unspecified atom stereocenters. The Kier molecular flexibility index (Phi) is 0.890. The Balaban J connectivity index is 0.000000500. The third kappa shape index (κ3) is 0.653. The highest BCUT2D eigenvalue weighted by Gasteiger charge is 2.01. The van der Waals surface area contributed by atoms with Crippen LogP contribution in [-0.4, -0.2) is 6.21 Å². The highest BCUT2D eigenvalue weighted by Crippen LogP contribution is 2.12. The quantitative estimate of drug-likeness (QED) is 0.492. The molecule has 1 aromatic carbocycles. The third-order valence-corrected chi connectivity index (χ3v) is 1.55. The first kappa shape index (κ1) is 4.74. The van der Waals surface area contributed by atoms with Crippen LogP contribution in [0.2, 0.25) is 0 Å². The van der Waals surface area contributed by atoms with Crippen LogP contribution < -0.4 is 0 Å². The predicted molar refractivity (Wildman–Crippen MR) is 38.9 cm³/mol. The van der Waals surface area contributed by atoms with Gasteiger partial charge in [-0.25, -0.2) is 0 Å². The zero-order valence-electron chi connectivity index (χ0n) is 6.04. The Bertz CT molecular complexity index is 255. The van der Waals surface area contributed by atoms with E-state index in [9.17, 15) is 0 Å². The van der Waals surface area contributed by atoms with Crippen LogP contribution in [-0.2, 0) is 6.54 Å². The molecule has 0 spiro atoms. The van der Waals surface area contributed by atoms with Gasteiger partial charge in [0.15, 0.2) is 0 Å². The van der Waals surface area contributed by atoms with Crippen LogP contribution in [0.3, 0.4) is 0 Å². The lowest BCUT2D eigenvalue weighted by atomic mass is 10.1. The minimum absolute atomic E-state index is 0. The molecular formula is C8H8N+. The summed E-state index contributed by atoms with van der Waals surface area (Å²) in [6.07, 6.45) is 1.93. The van der Waals surface area contributed by atoms with Crippen molar-refractivity contribution >= 4 is 6.21 Å². The molecule has 1 heteroatoms. The lowest BCUT2D eigenvalue weighted by Crippen LogP contribution is -1.79. The van der Waals surface area contributed by atoms with Crippen molar-refractivity contribution in [2.45, 2.75) is 6.54 Å². The van der Waals surface area contributed by atoms with Gasteiger partial charge < -0.3 is 0 Å². The van der Waals surface area contributed by atoms with Crippen molar-refractivity contribution in [3.63, 3.8) is 0 Å². The van der Waals surface area contributed by atoms with E-state index < -0.39 is 0 Å². The summed E-state index contributed by atoms with van der Waals surface area (Å²) in [5, 5.41) is 0. The number of rotatable bonds is 0. The van der Waals surface area contributed by atoms with Gasteiger partial charge in [-0.05, 0) is 11.1 Å². The minimum atomic E-state index is 0. The van der Waals surface area contributed by atoms with E-state index in [0.717, 1.165) is 6.54 Å². The molecule has 1 aliphatic heterocycles. The molecule has 0 saturated heterocycles. The largest absolute Gasteiger partial charge is 1.00 e. The molecule has 0 aromatic heterocycles. The molecule has 9 heavy (non-hydrogen) atoms. The van der Waals surface area contributed by atoms with Crippen LogP contribution in [0.1, 0.15) is 12.6 Å². The van der Waals surface area contributed by atoms with Crippen LogP contribution in [0, 0.1) is 0 Å². The van der Waals surface area contributed by atoms with Crippen molar-refractivity contribution in [2.75, 3.05) is 0 Å². The summed E-state index contributed by atoms with van der Waals surface area (Å²) >= 11 is 0. The molecule has 2 rings (SSSR count). The van der Waals surface area contributed by atoms with E-state index in [-0.39, 0.29) is 1.43 Å². The molecule has 0 amide bonds. The summed E-state index contributed by atoms with van der Waals surface area (Å²) in [7, 11) is 0. The highest BCUT2D eigenvalue weighted by atomic mass is 14.7. The molecule has 0 aliphatic carbocycles. The summed E-state index contributed by atoms with van der Waals surface area (Å²) in [5.74, 6) is 0. The van der Waals surface area contributed by atoms with Crippen molar-refractivity contribution in [3.8, 4) is 0 Å². The first-order valence-electron chi connectivity index (χ1n) is 3.04. The Hall–Kier alpha value is -1.11. The minimum Gasteiger partial charge on any atom is -0.288 e. The van der Waals surface area contributed by atoms with Gasteiger partial charge in [0.05, 0.1) is 6.54 Å². The Morgan fingerprint density at radius 3 is 3.11 bits per heavy atom. The molecule has 1 heterocycles. The third-order valence-electron chi connectivity index (χ3n) is 1.55. The molecule has 1 aromatic rings. The highest BCUT2D eigenvalue weighted by molar-refractivity contribution is 5.84. The number of benzene rings is 1. The van der Waals surface area contributed by atoms with E-state index in [1.54, 1.807) is 0 Å². The zero-order chi connectivity index (χ0) is 6.10. The number of aliphatic imine (C=N–C) groups is 1. The van der Waals surface area contributed by atoms with Crippen LogP contribution >= 0.6 is 0 Å². The predicted octanol–water partition coefficient (Wildman–Crippen LogP) is 1.73. The van der Waals surface area contributed by atoms with Gasteiger partial charge in [-0.3, -0.25) is 4.99 Å². The van der Waals surface area contributed by atoms with Gasteiger partial charge in [-0.2, -0.15) is 0 Å². The summed E-state index contributed by atoms with van der Waals surface area (Å²) in [6, 6.07) is 8.29. The lowest BCUT2D eigenvalue weighted by molar-refractivity contribution is 1.11. The number of nitrogens with zero attached hydrogens (tertiary/aromatic N) is 1. The topological polar surface area (TPSA) is 12.4 Å². The molecule has 0 fully saturated rings. The van der Waals surface area contributed by atoms with Gasteiger partial charge in [0.1, 0.15) is 0 Å². The number of hydrogen-bond donors (Lipinski definition) is 0. The second kappa shape index (κ2) is 1.69. The van der Waals surface area contributed by atoms with Crippen LogP contribution in [0.15, 0.2) is 29.3 Å². The van der Waals surface area contributed by atoms with Gasteiger partial charge in [-0.1, -0.05) is 24.3 Å². The Labute approximate surface area is 55.5 Å². The Morgan fingerprint density at radius 1 is 1.33 bits per heavy atom. The van der Waals surface area contributed by atoms with Gasteiger partial charge >= 0.3 is 1.43 Å². The van der Waals surface area contributed by atoms with E-state index in [1.165, 1.54) is 11.1 Å². The summed E-state index contributed by atoms with van der Waals surface area (Å²) < 4.78 is 0. The second-order valence-corrected chi connectivity index (χ2v) is 2.17. The van der Waals surface area contributed by atoms with E-state index in [2.05, 4.69) is 17.1 Å². The summed E-state index contributed by atoms with van der Waals surface area (Å²) in [4.78, 5) is 4.13. The van der Waals surface area contributed by atoms with Crippen molar-refractivity contribution in [1.29, 1.82) is 0 Å². The van der Waals surface area contributed by atoms with Crippen molar-refractivity contribution in [2.24, 2.45) is 4.99 Å². The smallest absolute Gasteiger partial charge is 0.288 e. The zero-order valence-corrected chi connectivity index (χ0v) is 5.04. The fourth-order valence-corrected chi connectivity index (χ4v) is 1.05. The molecule has 1 nitrogen and oxygen atoms in total. The Morgan fingerprint density at radius 2 is 2.22 bits per heavy atom.